The van der Waals surface area contributed by atoms with Gasteiger partial charge in [0.15, 0.2) is 0 Å². The summed E-state index contributed by atoms with van der Waals surface area (Å²) in [5.74, 6) is -0.362. The summed E-state index contributed by atoms with van der Waals surface area (Å²) in [6, 6.07) is 15.3. The lowest BCUT2D eigenvalue weighted by Crippen LogP contribution is -2.46. The standard InChI is InChI=1S/C25H34N4O3S/c1-3-32-24(30)21-7-9-22(10-8-21)27-25(31)26-13-4-14-28-15-17-29(18-16-28)19-20-5-11-23(33-2)12-6-20/h5-12H,3-4,13-19H2,1-2H3,(H2,26,27,31). The van der Waals surface area contributed by atoms with Crippen LogP contribution in [0.15, 0.2) is 53.4 Å². The highest BCUT2D eigenvalue weighted by atomic mass is 32.2. The SMILES string of the molecule is CCOC(=O)c1ccc(NC(=O)NCCCN2CCN(Cc3ccc(SC)cc3)CC2)cc1. The first-order valence-corrected chi connectivity index (χ1v) is 12.7. The first kappa shape index (κ1) is 25.1. The fourth-order valence-electron chi connectivity index (χ4n) is 3.74. The van der Waals surface area contributed by atoms with Crippen molar-refractivity contribution in [1.29, 1.82) is 0 Å². The number of nitrogens with zero attached hydrogens (tertiary/aromatic N) is 2. The first-order chi connectivity index (χ1) is 16.1. The molecule has 0 unspecified atom stereocenters. The van der Waals surface area contributed by atoms with Gasteiger partial charge >= 0.3 is 12.0 Å². The van der Waals surface area contributed by atoms with Crippen LogP contribution in [0.5, 0.6) is 0 Å². The summed E-state index contributed by atoms with van der Waals surface area (Å²) in [7, 11) is 0. The minimum atomic E-state index is -0.362. The summed E-state index contributed by atoms with van der Waals surface area (Å²) in [6.07, 6.45) is 3.01. The molecule has 0 spiro atoms. The van der Waals surface area contributed by atoms with Gasteiger partial charge in [-0.25, -0.2) is 9.59 Å². The molecule has 1 aliphatic heterocycles. The van der Waals surface area contributed by atoms with Gasteiger partial charge in [0, 0.05) is 49.9 Å². The average molecular weight is 471 g/mol. The summed E-state index contributed by atoms with van der Waals surface area (Å²) in [4.78, 5) is 30.0. The molecule has 1 fully saturated rings. The van der Waals surface area contributed by atoms with Crippen LogP contribution in [0.1, 0.15) is 29.3 Å². The maximum absolute atomic E-state index is 12.1. The minimum absolute atomic E-state index is 0.240. The summed E-state index contributed by atoms with van der Waals surface area (Å²) >= 11 is 1.77. The number of amides is 2. The summed E-state index contributed by atoms with van der Waals surface area (Å²) in [5, 5.41) is 5.69. The van der Waals surface area contributed by atoms with Crippen molar-refractivity contribution in [3.8, 4) is 0 Å². The number of carbonyl (C=O) groups excluding carboxylic acids is 2. The number of esters is 1. The maximum Gasteiger partial charge on any atom is 0.338 e. The molecule has 0 radical (unpaired) electrons. The number of hydrogen-bond donors (Lipinski definition) is 2. The topological polar surface area (TPSA) is 73.9 Å². The molecule has 3 rings (SSSR count). The molecule has 0 saturated carbocycles. The Morgan fingerprint density at radius 3 is 2.27 bits per heavy atom. The van der Waals surface area contributed by atoms with Crippen LogP contribution in [0.2, 0.25) is 0 Å². The average Bonchev–Trinajstić information content (AvgIpc) is 2.84. The minimum Gasteiger partial charge on any atom is -0.462 e. The quantitative estimate of drug-likeness (QED) is 0.312. The Bertz CT molecular complexity index is 882. The van der Waals surface area contributed by atoms with Crippen LogP contribution in [0.3, 0.4) is 0 Å². The van der Waals surface area contributed by atoms with Gasteiger partial charge in [0.25, 0.3) is 0 Å². The monoisotopic (exact) mass is 470 g/mol. The highest BCUT2D eigenvalue weighted by Crippen LogP contribution is 2.16. The number of anilines is 1. The maximum atomic E-state index is 12.1. The Morgan fingerprint density at radius 2 is 1.64 bits per heavy atom. The molecule has 0 bridgehead atoms. The normalized spacial score (nSPS) is 14.6. The Hall–Kier alpha value is -2.55. The molecule has 7 nitrogen and oxygen atoms in total. The van der Waals surface area contributed by atoms with E-state index >= 15 is 0 Å². The third-order valence-electron chi connectivity index (χ3n) is 5.62. The summed E-state index contributed by atoms with van der Waals surface area (Å²) in [6.45, 7) is 8.96. The lowest BCUT2D eigenvalue weighted by molar-refractivity contribution is 0.0526. The molecule has 0 aliphatic carbocycles. The van der Waals surface area contributed by atoms with Gasteiger partial charge < -0.3 is 20.3 Å². The molecule has 2 amide bonds. The third kappa shape index (κ3) is 8.38. The van der Waals surface area contributed by atoms with Crippen molar-refractivity contribution in [1.82, 2.24) is 15.1 Å². The number of thioether (sulfide) groups is 1. The van der Waals surface area contributed by atoms with E-state index in [9.17, 15) is 9.59 Å². The van der Waals surface area contributed by atoms with Crippen LogP contribution in [-0.2, 0) is 11.3 Å². The Labute approximate surface area is 200 Å². The van der Waals surface area contributed by atoms with Gasteiger partial charge in [-0.05, 0) is 68.1 Å². The molecule has 33 heavy (non-hydrogen) atoms. The molecule has 2 aromatic rings. The van der Waals surface area contributed by atoms with E-state index < -0.39 is 0 Å². The van der Waals surface area contributed by atoms with Gasteiger partial charge in [-0.1, -0.05) is 12.1 Å². The van der Waals surface area contributed by atoms with Crippen molar-refractivity contribution in [2.45, 2.75) is 24.8 Å². The summed E-state index contributed by atoms with van der Waals surface area (Å²) in [5.41, 5.74) is 2.48. The summed E-state index contributed by atoms with van der Waals surface area (Å²) < 4.78 is 4.96. The van der Waals surface area contributed by atoms with E-state index in [2.05, 4.69) is 51.0 Å². The largest absolute Gasteiger partial charge is 0.462 e. The number of nitrogens with one attached hydrogen (secondary N) is 2. The van der Waals surface area contributed by atoms with E-state index in [1.165, 1.54) is 10.5 Å². The predicted octanol–water partition coefficient (Wildman–Crippen LogP) is 3.91. The molecular weight excluding hydrogens is 436 g/mol. The fraction of sp³-hybridized carbons (Fsp3) is 0.440. The highest BCUT2D eigenvalue weighted by Gasteiger charge is 2.16. The number of urea groups is 1. The molecular formula is C25H34N4O3S. The Kier molecular flexibility index (Phi) is 10.1. The smallest absolute Gasteiger partial charge is 0.338 e. The number of carbonyl (C=O) groups is 2. The van der Waals surface area contributed by atoms with Crippen molar-refractivity contribution < 1.29 is 14.3 Å². The second-order valence-electron chi connectivity index (χ2n) is 8.00. The zero-order valence-corrected chi connectivity index (χ0v) is 20.3. The van der Waals surface area contributed by atoms with Crippen LogP contribution in [0, 0.1) is 0 Å². The number of piperazine rings is 1. The zero-order valence-electron chi connectivity index (χ0n) is 19.5. The molecule has 0 aromatic heterocycles. The van der Waals surface area contributed by atoms with Gasteiger partial charge in [0.1, 0.15) is 0 Å². The molecule has 1 heterocycles. The molecule has 0 atom stereocenters. The molecule has 1 saturated heterocycles. The second-order valence-corrected chi connectivity index (χ2v) is 8.88. The Balaban J connectivity index is 1.28. The van der Waals surface area contributed by atoms with Crippen LogP contribution < -0.4 is 10.6 Å². The van der Waals surface area contributed by atoms with Crippen LogP contribution in [-0.4, -0.2) is 73.9 Å². The van der Waals surface area contributed by atoms with Crippen LogP contribution >= 0.6 is 11.8 Å². The van der Waals surface area contributed by atoms with Crippen LogP contribution in [0.25, 0.3) is 0 Å². The zero-order chi connectivity index (χ0) is 23.5. The van der Waals surface area contributed by atoms with E-state index in [-0.39, 0.29) is 12.0 Å². The number of ether oxygens (including phenoxy) is 1. The second kappa shape index (κ2) is 13.2. The van der Waals surface area contributed by atoms with E-state index in [4.69, 9.17) is 4.74 Å². The number of hydrogen-bond acceptors (Lipinski definition) is 6. The fourth-order valence-corrected chi connectivity index (χ4v) is 4.15. The van der Waals surface area contributed by atoms with Crippen molar-refractivity contribution in [3.05, 3.63) is 59.7 Å². The molecule has 8 heteroatoms. The van der Waals surface area contributed by atoms with E-state index in [1.54, 1.807) is 43.0 Å². The first-order valence-electron chi connectivity index (χ1n) is 11.5. The van der Waals surface area contributed by atoms with Gasteiger partial charge in [0.05, 0.1) is 12.2 Å². The lowest BCUT2D eigenvalue weighted by Gasteiger charge is -2.34. The lowest BCUT2D eigenvalue weighted by atomic mass is 10.2. The Morgan fingerprint density at radius 1 is 0.970 bits per heavy atom. The number of benzene rings is 2. The van der Waals surface area contributed by atoms with Gasteiger partial charge in [-0.15, -0.1) is 11.8 Å². The third-order valence-corrected chi connectivity index (χ3v) is 6.36. The number of rotatable bonds is 10. The van der Waals surface area contributed by atoms with Crippen molar-refractivity contribution >= 4 is 29.4 Å². The van der Waals surface area contributed by atoms with Gasteiger partial charge in [-0.3, -0.25) is 4.90 Å². The van der Waals surface area contributed by atoms with Crippen molar-refractivity contribution in [3.63, 3.8) is 0 Å². The van der Waals surface area contributed by atoms with Gasteiger partial charge in [0.2, 0.25) is 0 Å². The molecule has 178 valence electrons. The van der Waals surface area contributed by atoms with E-state index in [1.807, 2.05) is 0 Å². The van der Waals surface area contributed by atoms with E-state index in [0.717, 1.165) is 45.7 Å². The van der Waals surface area contributed by atoms with Gasteiger partial charge in [-0.2, -0.15) is 0 Å². The highest BCUT2D eigenvalue weighted by molar-refractivity contribution is 7.98. The molecule has 2 aromatic carbocycles. The van der Waals surface area contributed by atoms with Crippen LogP contribution in [0.4, 0.5) is 10.5 Å². The predicted molar refractivity (Wildman–Crippen MR) is 134 cm³/mol. The molecule has 1 aliphatic rings. The molecule has 2 N–H and O–H groups in total. The van der Waals surface area contributed by atoms with Crippen molar-refractivity contribution in [2.24, 2.45) is 0 Å². The van der Waals surface area contributed by atoms with E-state index in [0.29, 0.717) is 24.4 Å². The van der Waals surface area contributed by atoms with Crippen molar-refractivity contribution in [2.75, 3.05) is 57.4 Å².